The van der Waals surface area contributed by atoms with Crippen LogP contribution in [0.2, 0.25) is 0 Å². The Labute approximate surface area is 116 Å². The summed E-state index contributed by atoms with van der Waals surface area (Å²) in [4.78, 5) is 3.84. The zero-order chi connectivity index (χ0) is 14.6. The summed E-state index contributed by atoms with van der Waals surface area (Å²) in [5.74, 6) is 0.658. The van der Waals surface area contributed by atoms with E-state index >= 15 is 0 Å². The number of sulfonamides is 1. The molecule has 0 aliphatic heterocycles. The van der Waals surface area contributed by atoms with Gasteiger partial charge in [0.15, 0.2) is 6.39 Å². The molecule has 0 aliphatic carbocycles. The molecule has 0 spiro atoms. The van der Waals surface area contributed by atoms with Gasteiger partial charge in [-0.2, -0.15) is 0 Å². The Kier molecular flexibility index (Phi) is 4.26. The van der Waals surface area contributed by atoms with E-state index in [4.69, 9.17) is 13.9 Å². The number of nitrogens with one attached hydrogen (secondary N) is 1. The van der Waals surface area contributed by atoms with Crippen LogP contribution in [0.15, 0.2) is 40.2 Å². The molecule has 1 heterocycles. The summed E-state index contributed by atoms with van der Waals surface area (Å²) in [7, 11) is -0.888. The number of hydrogen-bond acceptors (Lipinski definition) is 6. The zero-order valence-electron chi connectivity index (χ0n) is 11.0. The van der Waals surface area contributed by atoms with Crippen molar-refractivity contribution in [2.45, 2.75) is 11.4 Å². The summed E-state index contributed by atoms with van der Waals surface area (Å²) >= 11 is 0. The van der Waals surface area contributed by atoms with E-state index < -0.39 is 10.0 Å². The molecule has 1 aromatic carbocycles. The Hall–Kier alpha value is -2.06. The molecule has 1 aromatic heterocycles. The third-order valence-electron chi connectivity index (χ3n) is 2.59. The van der Waals surface area contributed by atoms with Crippen LogP contribution in [0, 0.1) is 0 Å². The molecule has 0 atom stereocenters. The predicted octanol–water partition coefficient (Wildman–Crippen LogP) is 1.17. The van der Waals surface area contributed by atoms with Gasteiger partial charge in [0.1, 0.15) is 22.7 Å². The van der Waals surface area contributed by atoms with E-state index in [1.807, 2.05) is 0 Å². The van der Waals surface area contributed by atoms with Gasteiger partial charge in [0.25, 0.3) is 0 Å². The molecule has 0 saturated heterocycles. The molecule has 0 aliphatic rings. The molecule has 0 bridgehead atoms. The van der Waals surface area contributed by atoms with E-state index in [1.54, 1.807) is 6.07 Å². The van der Waals surface area contributed by atoms with E-state index in [1.165, 1.54) is 39.0 Å². The van der Waals surface area contributed by atoms with Crippen LogP contribution in [0.4, 0.5) is 0 Å². The van der Waals surface area contributed by atoms with E-state index in [0.29, 0.717) is 11.4 Å². The first kappa shape index (κ1) is 14.4. The number of rotatable bonds is 6. The maximum atomic E-state index is 12.3. The summed E-state index contributed by atoms with van der Waals surface area (Å²) in [5.41, 5.74) is 0.482. The Morgan fingerprint density at radius 1 is 1.30 bits per heavy atom. The topological polar surface area (TPSA) is 90.7 Å². The minimum atomic E-state index is -3.75. The van der Waals surface area contributed by atoms with Crippen LogP contribution >= 0.6 is 0 Å². The second-order valence-electron chi connectivity index (χ2n) is 3.82. The third-order valence-corrected chi connectivity index (χ3v) is 4.01. The first-order chi connectivity index (χ1) is 9.56. The zero-order valence-corrected chi connectivity index (χ0v) is 11.8. The Bertz CT molecular complexity index is 667. The lowest BCUT2D eigenvalue weighted by Gasteiger charge is -2.11. The van der Waals surface area contributed by atoms with Gasteiger partial charge in [0, 0.05) is 6.07 Å². The van der Waals surface area contributed by atoms with Crippen LogP contribution in [0.25, 0.3) is 0 Å². The van der Waals surface area contributed by atoms with Crippen LogP contribution in [0.1, 0.15) is 5.69 Å². The first-order valence-corrected chi connectivity index (χ1v) is 7.14. The van der Waals surface area contributed by atoms with E-state index in [2.05, 4.69) is 9.71 Å². The summed E-state index contributed by atoms with van der Waals surface area (Å²) < 4.78 is 41.8. The quantitative estimate of drug-likeness (QED) is 0.861. The number of oxazole rings is 1. The number of benzene rings is 1. The van der Waals surface area contributed by atoms with Crippen LogP contribution in [0.3, 0.4) is 0 Å². The fourth-order valence-corrected chi connectivity index (χ4v) is 2.75. The average molecular weight is 298 g/mol. The first-order valence-electron chi connectivity index (χ1n) is 5.65. The number of nitrogens with zero attached hydrogens (tertiary/aromatic N) is 1. The lowest BCUT2D eigenvalue weighted by atomic mass is 10.3. The lowest BCUT2D eigenvalue weighted by molar-refractivity contribution is 0.392. The van der Waals surface area contributed by atoms with Crippen molar-refractivity contribution in [2.24, 2.45) is 0 Å². The molecule has 8 heteroatoms. The van der Waals surface area contributed by atoms with Gasteiger partial charge < -0.3 is 13.9 Å². The van der Waals surface area contributed by atoms with E-state index in [-0.39, 0.29) is 17.2 Å². The van der Waals surface area contributed by atoms with Crippen molar-refractivity contribution in [3.05, 3.63) is 36.5 Å². The molecule has 0 unspecified atom stereocenters. The smallest absolute Gasteiger partial charge is 0.244 e. The van der Waals surface area contributed by atoms with Crippen molar-refractivity contribution in [1.29, 1.82) is 0 Å². The highest BCUT2D eigenvalue weighted by atomic mass is 32.2. The van der Waals surface area contributed by atoms with Gasteiger partial charge in [-0.05, 0) is 12.1 Å². The largest absolute Gasteiger partial charge is 0.497 e. The molecule has 1 N–H and O–H groups in total. The van der Waals surface area contributed by atoms with Gasteiger partial charge in [0.2, 0.25) is 10.0 Å². The fraction of sp³-hybridized carbons (Fsp3) is 0.250. The molecular formula is C12H14N2O5S. The highest BCUT2D eigenvalue weighted by Crippen LogP contribution is 2.28. The molecule has 2 rings (SSSR count). The maximum absolute atomic E-state index is 12.3. The van der Waals surface area contributed by atoms with E-state index in [9.17, 15) is 8.42 Å². The lowest BCUT2D eigenvalue weighted by Crippen LogP contribution is -2.24. The molecule has 20 heavy (non-hydrogen) atoms. The minimum absolute atomic E-state index is 0.00263. The molecule has 0 amide bonds. The van der Waals surface area contributed by atoms with Crippen molar-refractivity contribution < 1.29 is 22.3 Å². The number of aromatic nitrogens is 1. The minimum Gasteiger partial charge on any atom is -0.497 e. The van der Waals surface area contributed by atoms with Crippen LogP contribution in [-0.4, -0.2) is 27.6 Å². The summed E-state index contributed by atoms with van der Waals surface area (Å²) in [6, 6.07) is 4.54. The van der Waals surface area contributed by atoms with Crippen LogP contribution in [-0.2, 0) is 16.6 Å². The molecular weight excluding hydrogens is 284 g/mol. The molecule has 0 radical (unpaired) electrons. The predicted molar refractivity (Wildman–Crippen MR) is 70.1 cm³/mol. The van der Waals surface area contributed by atoms with Gasteiger partial charge >= 0.3 is 0 Å². The number of methoxy groups -OCH3 is 2. The fourth-order valence-electron chi connectivity index (χ4n) is 1.57. The molecule has 2 aromatic rings. The number of ether oxygens (including phenoxy) is 2. The monoisotopic (exact) mass is 298 g/mol. The molecule has 108 valence electrons. The average Bonchev–Trinajstić information content (AvgIpc) is 2.98. The van der Waals surface area contributed by atoms with Crippen molar-refractivity contribution in [1.82, 2.24) is 9.71 Å². The van der Waals surface area contributed by atoms with Crippen LogP contribution < -0.4 is 14.2 Å². The second-order valence-corrected chi connectivity index (χ2v) is 5.56. The van der Waals surface area contributed by atoms with Gasteiger partial charge in [-0.3, -0.25) is 0 Å². The number of hydrogen-bond donors (Lipinski definition) is 1. The third kappa shape index (κ3) is 3.09. The normalized spacial score (nSPS) is 11.3. The standard InChI is InChI=1S/C12H14N2O5S/c1-17-10-3-4-11(18-2)12(5-10)20(15,16)14-6-9-7-19-8-13-9/h3-5,7-8,14H,6H2,1-2H3. The summed E-state index contributed by atoms with van der Waals surface area (Å²) in [5, 5.41) is 0. The molecule has 0 saturated carbocycles. The van der Waals surface area contributed by atoms with Crippen molar-refractivity contribution in [3.63, 3.8) is 0 Å². The van der Waals surface area contributed by atoms with Gasteiger partial charge in [-0.1, -0.05) is 0 Å². The second kappa shape index (κ2) is 5.93. The van der Waals surface area contributed by atoms with Crippen molar-refractivity contribution in [3.8, 4) is 11.5 Å². The van der Waals surface area contributed by atoms with Gasteiger partial charge in [0.05, 0.1) is 26.5 Å². The van der Waals surface area contributed by atoms with Crippen LogP contribution in [0.5, 0.6) is 11.5 Å². The Morgan fingerprint density at radius 2 is 2.10 bits per heavy atom. The van der Waals surface area contributed by atoms with Gasteiger partial charge in [-0.15, -0.1) is 0 Å². The van der Waals surface area contributed by atoms with E-state index in [0.717, 1.165) is 0 Å². The van der Waals surface area contributed by atoms with Gasteiger partial charge in [-0.25, -0.2) is 18.1 Å². The molecule has 0 fully saturated rings. The molecule has 7 nitrogen and oxygen atoms in total. The maximum Gasteiger partial charge on any atom is 0.244 e. The highest BCUT2D eigenvalue weighted by molar-refractivity contribution is 7.89. The Morgan fingerprint density at radius 3 is 2.70 bits per heavy atom. The SMILES string of the molecule is COc1ccc(OC)c(S(=O)(=O)NCc2cocn2)c1. The van der Waals surface area contributed by atoms with Crippen molar-refractivity contribution >= 4 is 10.0 Å². The highest BCUT2D eigenvalue weighted by Gasteiger charge is 2.20. The van der Waals surface area contributed by atoms with Crippen molar-refractivity contribution in [2.75, 3.05) is 14.2 Å². The summed E-state index contributed by atoms with van der Waals surface area (Å²) in [6.07, 6.45) is 2.60. The summed E-state index contributed by atoms with van der Waals surface area (Å²) in [6.45, 7) is 0.0270. The Balaban J connectivity index is 2.28.